The number of aryl methyl sites for hydroxylation is 1. The van der Waals surface area contributed by atoms with Gasteiger partial charge in [0, 0.05) is 24.9 Å². The minimum Gasteiger partial charge on any atom is -0.480 e. The summed E-state index contributed by atoms with van der Waals surface area (Å²) in [6.45, 7) is 0.103. The van der Waals surface area contributed by atoms with Gasteiger partial charge in [-0.3, -0.25) is 14.7 Å². The molecule has 4 rings (SSSR count). The number of fused-ring (bicyclic) bond motifs is 3. The third-order valence-electron chi connectivity index (χ3n) is 5.56. The first kappa shape index (κ1) is 20.6. The summed E-state index contributed by atoms with van der Waals surface area (Å²) in [5.74, 6) is -1.11. The van der Waals surface area contributed by atoms with Crippen molar-refractivity contribution in [2.24, 2.45) is 0 Å². The molecule has 1 amide bonds. The number of hydrogen-bond acceptors (Lipinski definition) is 4. The summed E-state index contributed by atoms with van der Waals surface area (Å²) in [6.07, 6.45) is 4.21. The summed E-state index contributed by atoms with van der Waals surface area (Å²) in [7, 11) is 0. The molecule has 0 unspecified atom stereocenters. The van der Waals surface area contributed by atoms with Gasteiger partial charge in [0.15, 0.2) is 0 Å². The van der Waals surface area contributed by atoms with E-state index in [0.717, 1.165) is 34.2 Å². The number of carbonyl (C=O) groups is 2. The summed E-state index contributed by atoms with van der Waals surface area (Å²) in [6, 6.07) is 20.0. The van der Waals surface area contributed by atoms with Crippen LogP contribution < -0.4 is 0 Å². The van der Waals surface area contributed by atoms with Crippen LogP contribution in [0.15, 0.2) is 73.1 Å². The molecule has 1 aliphatic carbocycles. The first-order chi connectivity index (χ1) is 15.1. The van der Waals surface area contributed by atoms with Crippen LogP contribution in [0.2, 0.25) is 0 Å². The molecule has 0 atom stereocenters. The number of carboxylic acids is 1. The highest BCUT2D eigenvalue weighted by Crippen LogP contribution is 2.44. The molecule has 0 spiro atoms. The summed E-state index contributed by atoms with van der Waals surface area (Å²) in [5.41, 5.74) is 5.65. The molecular formula is C25H24N2O4. The molecule has 1 aromatic heterocycles. The largest absolute Gasteiger partial charge is 0.480 e. The highest BCUT2D eigenvalue weighted by molar-refractivity contribution is 5.79. The SMILES string of the molecule is O=C(O)CN(CCCc1ccncc1)C(=O)OCC1c2ccccc2-c2ccccc21. The van der Waals surface area contributed by atoms with Gasteiger partial charge in [0.2, 0.25) is 0 Å². The number of amides is 1. The van der Waals surface area contributed by atoms with E-state index in [4.69, 9.17) is 4.74 Å². The minimum atomic E-state index is -1.06. The second-order valence-electron chi connectivity index (χ2n) is 7.58. The molecule has 0 saturated heterocycles. The maximum Gasteiger partial charge on any atom is 0.410 e. The van der Waals surface area contributed by atoms with Gasteiger partial charge in [-0.05, 0) is 52.8 Å². The number of carbonyl (C=O) groups excluding carboxylic acids is 1. The van der Waals surface area contributed by atoms with E-state index >= 15 is 0 Å². The molecule has 0 saturated carbocycles. The van der Waals surface area contributed by atoms with Gasteiger partial charge in [0.25, 0.3) is 0 Å². The fraction of sp³-hybridized carbons (Fsp3) is 0.240. The maximum absolute atomic E-state index is 12.7. The van der Waals surface area contributed by atoms with Crippen LogP contribution in [0.5, 0.6) is 0 Å². The first-order valence-electron chi connectivity index (χ1n) is 10.3. The zero-order valence-corrected chi connectivity index (χ0v) is 17.1. The van der Waals surface area contributed by atoms with E-state index in [1.54, 1.807) is 12.4 Å². The van der Waals surface area contributed by atoms with Crippen molar-refractivity contribution in [2.75, 3.05) is 19.7 Å². The van der Waals surface area contributed by atoms with E-state index in [1.165, 1.54) is 4.90 Å². The topological polar surface area (TPSA) is 79.7 Å². The average molecular weight is 416 g/mol. The molecule has 3 aromatic rings. The van der Waals surface area contributed by atoms with Crippen LogP contribution in [0.25, 0.3) is 11.1 Å². The molecule has 31 heavy (non-hydrogen) atoms. The number of carboxylic acid groups (broad SMARTS) is 1. The normalized spacial score (nSPS) is 12.1. The molecule has 0 radical (unpaired) electrons. The van der Waals surface area contributed by atoms with E-state index in [2.05, 4.69) is 29.2 Å². The lowest BCUT2D eigenvalue weighted by Crippen LogP contribution is -2.37. The molecule has 0 bridgehead atoms. The Labute approximate surface area is 181 Å². The Kier molecular flexibility index (Phi) is 6.26. The van der Waals surface area contributed by atoms with Crippen LogP contribution in [-0.4, -0.2) is 46.7 Å². The van der Waals surface area contributed by atoms with E-state index < -0.39 is 12.1 Å². The van der Waals surface area contributed by atoms with Crippen molar-refractivity contribution >= 4 is 12.1 Å². The monoisotopic (exact) mass is 416 g/mol. The number of hydrogen-bond donors (Lipinski definition) is 1. The van der Waals surface area contributed by atoms with Crippen LogP contribution in [0, 0.1) is 0 Å². The van der Waals surface area contributed by atoms with Crippen LogP contribution in [0.4, 0.5) is 4.79 Å². The van der Waals surface area contributed by atoms with Gasteiger partial charge in [-0.2, -0.15) is 0 Å². The second kappa shape index (κ2) is 9.43. The Morgan fingerprint density at radius 3 is 2.16 bits per heavy atom. The summed E-state index contributed by atoms with van der Waals surface area (Å²) < 4.78 is 5.62. The number of aromatic nitrogens is 1. The quantitative estimate of drug-likeness (QED) is 0.591. The van der Waals surface area contributed by atoms with Crippen molar-refractivity contribution < 1.29 is 19.4 Å². The van der Waals surface area contributed by atoms with Gasteiger partial charge < -0.3 is 9.84 Å². The lowest BCUT2D eigenvalue weighted by molar-refractivity contribution is -0.138. The number of aliphatic carboxylic acids is 1. The number of pyridine rings is 1. The molecule has 2 aromatic carbocycles. The lowest BCUT2D eigenvalue weighted by Gasteiger charge is -2.22. The Morgan fingerprint density at radius 2 is 1.55 bits per heavy atom. The molecule has 0 aliphatic heterocycles. The number of ether oxygens (including phenoxy) is 1. The third kappa shape index (κ3) is 4.74. The summed E-state index contributed by atoms with van der Waals surface area (Å²) in [4.78, 5) is 29.3. The van der Waals surface area contributed by atoms with Gasteiger partial charge in [0.05, 0.1) is 0 Å². The average Bonchev–Trinajstić information content (AvgIpc) is 3.11. The molecule has 6 heteroatoms. The smallest absolute Gasteiger partial charge is 0.410 e. The summed E-state index contributed by atoms with van der Waals surface area (Å²) in [5, 5.41) is 9.23. The van der Waals surface area contributed by atoms with Crippen LogP contribution >= 0.6 is 0 Å². The van der Waals surface area contributed by atoms with Gasteiger partial charge in [-0.1, -0.05) is 48.5 Å². The zero-order chi connectivity index (χ0) is 21.6. The Balaban J connectivity index is 1.41. The van der Waals surface area contributed by atoms with Crippen molar-refractivity contribution in [1.82, 2.24) is 9.88 Å². The Hall–Kier alpha value is -3.67. The molecule has 158 valence electrons. The Bertz CT molecular complexity index is 1020. The Morgan fingerprint density at radius 1 is 0.935 bits per heavy atom. The predicted molar refractivity (Wildman–Crippen MR) is 117 cm³/mol. The predicted octanol–water partition coefficient (Wildman–Crippen LogP) is 4.35. The molecular weight excluding hydrogens is 392 g/mol. The van der Waals surface area contributed by atoms with Crippen molar-refractivity contribution in [3.63, 3.8) is 0 Å². The van der Waals surface area contributed by atoms with Gasteiger partial charge in [-0.15, -0.1) is 0 Å². The molecule has 1 heterocycles. The number of rotatable bonds is 8. The molecule has 1 N–H and O–H groups in total. The molecule has 6 nitrogen and oxygen atoms in total. The standard InChI is InChI=1S/C25H24N2O4/c28-24(29)16-27(15-5-6-18-11-13-26-14-12-18)25(30)31-17-23-21-9-3-1-7-19(21)20-8-2-4-10-22(20)23/h1-4,7-14,23H,5-6,15-17H2,(H,28,29). The van der Waals surface area contributed by atoms with E-state index in [9.17, 15) is 14.7 Å². The highest BCUT2D eigenvalue weighted by Gasteiger charge is 2.29. The number of nitrogens with zero attached hydrogens (tertiary/aromatic N) is 2. The minimum absolute atomic E-state index is 0.0557. The fourth-order valence-electron chi connectivity index (χ4n) is 4.11. The van der Waals surface area contributed by atoms with E-state index in [1.807, 2.05) is 36.4 Å². The zero-order valence-electron chi connectivity index (χ0n) is 17.1. The van der Waals surface area contributed by atoms with Gasteiger partial charge >= 0.3 is 12.1 Å². The van der Waals surface area contributed by atoms with Crippen LogP contribution in [0.1, 0.15) is 29.0 Å². The summed E-state index contributed by atoms with van der Waals surface area (Å²) >= 11 is 0. The van der Waals surface area contributed by atoms with Crippen LogP contribution in [0.3, 0.4) is 0 Å². The van der Waals surface area contributed by atoms with Crippen molar-refractivity contribution in [3.8, 4) is 11.1 Å². The molecule has 1 aliphatic rings. The lowest BCUT2D eigenvalue weighted by atomic mass is 9.98. The van der Waals surface area contributed by atoms with E-state index in [-0.39, 0.29) is 19.1 Å². The first-order valence-corrected chi connectivity index (χ1v) is 10.3. The van der Waals surface area contributed by atoms with Crippen molar-refractivity contribution in [1.29, 1.82) is 0 Å². The van der Waals surface area contributed by atoms with Crippen molar-refractivity contribution in [3.05, 3.63) is 89.7 Å². The van der Waals surface area contributed by atoms with E-state index in [0.29, 0.717) is 13.0 Å². The fourth-order valence-corrected chi connectivity index (χ4v) is 4.11. The highest BCUT2D eigenvalue weighted by atomic mass is 16.6. The maximum atomic E-state index is 12.7. The van der Waals surface area contributed by atoms with Gasteiger partial charge in [0.1, 0.15) is 13.2 Å². The van der Waals surface area contributed by atoms with Crippen molar-refractivity contribution in [2.45, 2.75) is 18.8 Å². The molecule has 0 fully saturated rings. The number of benzene rings is 2. The van der Waals surface area contributed by atoms with Crippen LogP contribution in [-0.2, 0) is 16.0 Å². The third-order valence-corrected chi connectivity index (χ3v) is 5.56. The van der Waals surface area contributed by atoms with Gasteiger partial charge in [-0.25, -0.2) is 4.79 Å². The second-order valence-corrected chi connectivity index (χ2v) is 7.58.